The van der Waals surface area contributed by atoms with Gasteiger partial charge in [-0.05, 0) is 17.7 Å². The molecule has 0 aliphatic carbocycles. The highest BCUT2D eigenvalue weighted by Gasteiger charge is 2.33. The van der Waals surface area contributed by atoms with Crippen molar-refractivity contribution in [1.29, 1.82) is 0 Å². The van der Waals surface area contributed by atoms with Gasteiger partial charge in [0.2, 0.25) is 5.91 Å². The van der Waals surface area contributed by atoms with Gasteiger partial charge in [-0.1, -0.05) is 32.1 Å². The first-order valence-electron chi connectivity index (χ1n) is 6.14. The van der Waals surface area contributed by atoms with Crippen molar-refractivity contribution < 1.29 is 18.0 Å². The Morgan fingerprint density at radius 3 is 2.45 bits per heavy atom. The number of nitrogens with zero attached hydrogens (tertiary/aromatic N) is 1. The van der Waals surface area contributed by atoms with E-state index in [9.17, 15) is 18.0 Å². The smallest absolute Gasteiger partial charge is 0.315 e. The summed E-state index contributed by atoms with van der Waals surface area (Å²) in [6.07, 6.45) is -4.20. The molecule has 0 saturated carbocycles. The molecule has 0 saturated heterocycles. The summed E-state index contributed by atoms with van der Waals surface area (Å²) in [7, 11) is 1.34. The Hall–Kier alpha value is -1.78. The van der Waals surface area contributed by atoms with E-state index in [1.165, 1.54) is 7.05 Å². The number of carbonyl (C=O) groups is 1. The molecule has 0 atom stereocenters. The van der Waals surface area contributed by atoms with Gasteiger partial charge in [-0.3, -0.25) is 4.79 Å². The van der Waals surface area contributed by atoms with Crippen molar-refractivity contribution >= 4 is 11.6 Å². The molecule has 0 fully saturated rings. The minimum absolute atomic E-state index is 0.316. The second-order valence-electron chi connectivity index (χ2n) is 5.22. The Kier molecular flexibility index (Phi) is 4.63. The fourth-order valence-electron chi connectivity index (χ4n) is 1.67. The van der Waals surface area contributed by atoms with Gasteiger partial charge in [0.1, 0.15) is 6.42 Å². The maximum atomic E-state index is 12.2. The molecule has 0 radical (unpaired) electrons. The predicted octanol–water partition coefficient (Wildman–Crippen LogP) is 4.07. The summed E-state index contributed by atoms with van der Waals surface area (Å²) < 4.78 is 36.7. The molecular weight excluding hydrogens is 267 g/mol. The zero-order valence-electron chi connectivity index (χ0n) is 11.8. The third kappa shape index (κ3) is 4.11. The minimum atomic E-state index is -4.50. The van der Waals surface area contributed by atoms with E-state index in [0.29, 0.717) is 5.69 Å². The van der Waals surface area contributed by atoms with Crippen molar-refractivity contribution in [2.45, 2.75) is 31.9 Å². The van der Waals surface area contributed by atoms with Crippen LogP contribution in [0, 0.1) is 0 Å². The number of alkyl halides is 3. The van der Waals surface area contributed by atoms with E-state index in [-0.39, 0.29) is 5.41 Å². The molecule has 1 aromatic carbocycles. The maximum absolute atomic E-state index is 12.2. The van der Waals surface area contributed by atoms with E-state index >= 15 is 0 Å². The molecule has 0 spiro atoms. The molecule has 5 heteroatoms. The molecular formula is C15H18F3NO. The summed E-state index contributed by atoms with van der Waals surface area (Å²) in [6, 6.07) is 6.88. The van der Waals surface area contributed by atoms with Gasteiger partial charge in [-0.2, -0.15) is 13.2 Å². The normalized spacial score (nSPS) is 12.1. The average Bonchev–Trinajstić information content (AvgIpc) is 2.36. The summed E-state index contributed by atoms with van der Waals surface area (Å²) >= 11 is 0. The highest BCUT2D eigenvalue weighted by Crippen LogP contribution is 2.28. The molecule has 0 bridgehead atoms. The predicted molar refractivity (Wildman–Crippen MR) is 73.7 cm³/mol. The summed E-state index contributed by atoms with van der Waals surface area (Å²) in [6.45, 7) is 7.62. The standard InChI is InChI=1S/C15H18F3NO/c1-5-14(2,3)11-7-6-8-12(9-11)19(4)13(20)10-15(16,17)18/h5-9H,1,10H2,2-4H3. The van der Waals surface area contributed by atoms with Gasteiger partial charge in [0.15, 0.2) is 0 Å². The third-order valence-corrected chi connectivity index (χ3v) is 3.21. The quantitative estimate of drug-likeness (QED) is 0.764. The molecule has 1 rings (SSSR count). The molecule has 0 N–H and O–H groups in total. The van der Waals surface area contributed by atoms with Gasteiger partial charge < -0.3 is 4.90 Å². The molecule has 0 aliphatic heterocycles. The fourth-order valence-corrected chi connectivity index (χ4v) is 1.67. The van der Waals surface area contributed by atoms with Crippen LogP contribution in [0.1, 0.15) is 25.8 Å². The van der Waals surface area contributed by atoms with Crippen LogP contribution in [0.15, 0.2) is 36.9 Å². The Balaban J connectivity index is 3.00. The monoisotopic (exact) mass is 285 g/mol. The number of halogens is 3. The van der Waals surface area contributed by atoms with E-state index in [1.54, 1.807) is 24.3 Å². The number of benzene rings is 1. The number of anilines is 1. The number of hydrogen-bond acceptors (Lipinski definition) is 1. The average molecular weight is 285 g/mol. The summed E-state index contributed by atoms with van der Waals surface area (Å²) in [5, 5.41) is 0. The Labute approximate surface area is 116 Å². The molecule has 0 aliphatic rings. The first kappa shape index (κ1) is 16.3. The van der Waals surface area contributed by atoms with E-state index in [2.05, 4.69) is 6.58 Å². The Morgan fingerprint density at radius 2 is 1.95 bits per heavy atom. The zero-order chi connectivity index (χ0) is 15.6. The van der Waals surface area contributed by atoms with Crippen molar-refractivity contribution in [1.82, 2.24) is 0 Å². The van der Waals surface area contributed by atoms with Gasteiger partial charge in [0, 0.05) is 18.2 Å². The number of carbonyl (C=O) groups excluding carboxylic acids is 1. The van der Waals surface area contributed by atoms with Gasteiger partial charge in [0.25, 0.3) is 0 Å². The molecule has 2 nitrogen and oxygen atoms in total. The van der Waals surface area contributed by atoms with E-state index in [1.807, 2.05) is 19.9 Å². The largest absolute Gasteiger partial charge is 0.397 e. The van der Waals surface area contributed by atoms with Crippen LogP contribution in [0.4, 0.5) is 18.9 Å². The second kappa shape index (κ2) is 5.69. The van der Waals surface area contributed by atoms with Crippen molar-refractivity contribution in [2.24, 2.45) is 0 Å². The highest BCUT2D eigenvalue weighted by atomic mass is 19.4. The third-order valence-electron chi connectivity index (χ3n) is 3.21. The van der Waals surface area contributed by atoms with Crippen molar-refractivity contribution in [3.63, 3.8) is 0 Å². The highest BCUT2D eigenvalue weighted by molar-refractivity contribution is 5.93. The molecule has 0 heterocycles. The summed E-state index contributed by atoms with van der Waals surface area (Å²) in [4.78, 5) is 12.6. The number of rotatable bonds is 4. The Morgan fingerprint density at radius 1 is 1.35 bits per heavy atom. The van der Waals surface area contributed by atoms with Crippen LogP contribution in [0.2, 0.25) is 0 Å². The molecule has 1 amide bonds. The van der Waals surface area contributed by atoms with Gasteiger partial charge >= 0.3 is 6.18 Å². The van der Waals surface area contributed by atoms with Crippen LogP contribution < -0.4 is 4.90 Å². The zero-order valence-corrected chi connectivity index (χ0v) is 11.8. The Bertz CT molecular complexity index is 506. The number of allylic oxidation sites excluding steroid dienone is 1. The van der Waals surface area contributed by atoms with Crippen LogP contribution in [0.25, 0.3) is 0 Å². The molecule has 20 heavy (non-hydrogen) atoms. The number of amides is 1. The molecule has 0 aromatic heterocycles. The molecule has 0 unspecified atom stereocenters. The first-order valence-corrected chi connectivity index (χ1v) is 6.14. The van der Waals surface area contributed by atoms with Crippen molar-refractivity contribution in [3.05, 3.63) is 42.5 Å². The van der Waals surface area contributed by atoms with Crippen LogP contribution >= 0.6 is 0 Å². The van der Waals surface area contributed by atoms with E-state index < -0.39 is 18.5 Å². The van der Waals surface area contributed by atoms with Crippen LogP contribution in [-0.2, 0) is 10.2 Å². The van der Waals surface area contributed by atoms with Crippen LogP contribution in [0.5, 0.6) is 0 Å². The van der Waals surface area contributed by atoms with E-state index in [4.69, 9.17) is 0 Å². The van der Waals surface area contributed by atoms with Crippen molar-refractivity contribution in [2.75, 3.05) is 11.9 Å². The lowest BCUT2D eigenvalue weighted by molar-refractivity contribution is -0.151. The fraction of sp³-hybridized carbons (Fsp3) is 0.400. The SMILES string of the molecule is C=CC(C)(C)c1cccc(N(C)C(=O)CC(F)(F)F)c1. The first-order chi connectivity index (χ1) is 9.07. The molecule has 1 aromatic rings. The maximum Gasteiger partial charge on any atom is 0.397 e. The topological polar surface area (TPSA) is 20.3 Å². The van der Waals surface area contributed by atoms with Gasteiger partial charge in [-0.25, -0.2) is 0 Å². The minimum Gasteiger partial charge on any atom is -0.315 e. The van der Waals surface area contributed by atoms with E-state index in [0.717, 1.165) is 10.5 Å². The van der Waals surface area contributed by atoms with Crippen molar-refractivity contribution in [3.8, 4) is 0 Å². The van der Waals surface area contributed by atoms with Gasteiger partial charge in [0.05, 0.1) is 0 Å². The summed E-state index contributed by atoms with van der Waals surface area (Å²) in [5.74, 6) is -0.981. The van der Waals surface area contributed by atoms with Gasteiger partial charge in [-0.15, -0.1) is 6.58 Å². The molecule has 110 valence electrons. The number of hydrogen-bond donors (Lipinski definition) is 0. The van der Waals surface area contributed by atoms with Crippen LogP contribution in [0.3, 0.4) is 0 Å². The van der Waals surface area contributed by atoms with Crippen LogP contribution in [-0.4, -0.2) is 19.1 Å². The summed E-state index contributed by atoms with van der Waals surface area (Å²) in [5.41, 5.74) is 1.01. The lowest BCUT2D eigenvalue weighted by atomic mass is 9.85. The second-order valence-corrected chi connectivity index (χ2v) is 5.22. The lowest BCUT2D eigenvalue weighted by Gasteiger charge is -2.24. The lowest BCUT2D eigenvalue weighted by Crippen LogP contribution is -2.31.